The fraction of sp³-hybridized carbons (Fsp3) is 0.333. The highest BCUT2D eigenvalue weighted by atomic mass is 35.5. The SMILES string of the molecule is Cc1ccc(Cl)c(O[C@H](C)C(=O)N(C)c2nc(C)cs2)c1. The third-order valence-corrected chi connectivity index (χ3v) is 4.31. The summed E-state index contributed by atoms with van der Waals surface area (Å²) >= 11 is 7.51. The molecule has 0 bridgehead atoms. The van der Waals surface area contributed by atoms with Gasteiger partial charge in [0, 0.05) is 12.4 Å². The van der Waals surface area contributed by atoms with Gasteiger partial charge in [-0.1, -0.05) is 17.7 Å². The highest BCUT2D eigenvalue weighted by Gasteiger charge is 2.23. The molecule has 4 nitrogen and oxygen atoms in total. The summed E-state index contributed by atoms with van der Waals surface area (Å²) in [5.74, 6) is 0.350. The second kappa shape index (κ2) is 6.45. The van der Waals surface area contributed by atoms with Crippen LogP contribution in [0.15, 0.2) is 23.6 Å². The second-order valence-electron chi connectivity index (χ2n) is 4.86. The van der Waals surface area contributed by atoms with Crippen LogP contribution in [0.5, 0.6) is 5.75 Å². The van der Waals surface area contributed by atoms with Crippen molar-refractivity contribution in [2.24, 2.45) is 0 Å². The van der Waals surface area contributed by atoms with Crippen LogP contribution in [0.3, 0.4) is 0 Å². The Morgan fingerprint density at radius 2 is 2.14 bits per heavy atom. The van der Waals surface area contributed by atoms with Crippen LogP contribution >= 0.6 is 22.9 Å². The van der Waals surface area contributed by atoms with Crippen LogP contribution < -0.4 is 9.64 Å². The number of hydrogen-bond acceptors (Lipinski definition) is 4. The Kier molecular flexibility index (Phi) is 4.85. The minimum atomic E-state index is -0.640. The van der Waals surface area contributed by atoms with Crippen LogP contribution in [0.4, 0.5) is 5.13 Å². The number of carbonyl (C=O) groups excluding carboxylic acids is 1. The normalized spacial score (nSPS) is 12.0. The van der Waals surface area contributed by atoms with Gasteiger partial charge in [0.15, 0.2) is 11.2 Å². The van der Waals surface area contributed by atoms with E-state index in [1.165, 1.54) is 16.2 Å². The molecule has 21 heavy (non-hydrogen) atoms. The molecule has 1 amide bonds. The van der Waals surface area contributed by atoms with Crippen LogP contribution in [0.1, 0.15) is 18.2 Å². The van der Waals surface area contributed by atoms with Gasteiger partial charge in [0.25, 0.3) is 5.91 Å². The number of aromatic nitrogens is 1. The molecular weight excluding hydrogens is 308 g/mol. The molecule has 1 heterocycles. The molecule has 6 heteroatoms. The van der Waals surface area contributed by atoms with Gasteiger partial charge in [-0.2, -0.15) is 0 Å². The highest BCUT2D eigenvalue weighted by Crippen LogP contribution is 2.27. The van der Waals surface area contributed by atoms with Crippen molar-refractivity contribution in [1.29, 1.82) is 0 Å². The van der Waals surface area contributed by atoms with Gasteiger partial charge in [0.1, 0.15) is 5.75 Å². The lowest BCUT2D eigenvalue weighted by molar-refractivity contribution is -0.124. The second-order valence-corrected chi connectivity index (χ2v) is 6.11. The summed E-state index contributed by atoms with van der Waals surface area (Å²) < 4.78 is 5.69. The molecule has 0 unspecified atom stereocenters. The van der Waals surface area contributed by atoms with Crippen molar-refractivity contribution >= 4 is 34.0 Å². The minimum absolute atomic E-state index is 0.165. The largest absolute Gasteiger partial charge is 0.479 e. The van der Waals surface area contributed by atoms with Crippen LogP contribution in [0, 0.1) is 13.8 Å². The summed E-state index contributed by atoms with van der Waals surface area (Å²) in [6.07, 6.45) is -0.640. The Morgan fingerprint density at radius 1 is 1.43 bits per heavy atom. The third-order valence-electron chi connectivity index (χ3n) is 2.96. The summed E-state index contributed by atoms with van der Waals surface area (Å²) in [5.41, 5.74) is 1.92. The van der Waals surface area contributed by atoms with Crippen LogP contribution in [0.25, 0.3) is 0 Å². The first-order chi connectivity index (χ1) is 9.88. The lowest BCUT2D eigenvalue weighted by Crippen LogP contribution is -2.38. The van der Waals surface area contributed by atoms with E-state index in [1.54, 1.807) is 20.0 Å². The van der Waals surface area contributed by atoms with E-state index < -0.39 is 6.10 Å². The van der Waals surface area contributed by atoms with E-state index in [0.717, 1.165) is 11.3 Å². The van der Waals surface area contributed by atoms with Crippen LogP contribution in [-0.2, 0) is 4.79 Å². The zero-order valence-electron chi connectivity index (χ0n) is 12.4. The molecule has 0 N–H and O–H groups in total. The maximum atomic E-state index is 12.4. The number of thiazole rings is 1. The Labute approximate surface area is 133 Å². The molecule has 0 saturated carbocycles. The Balaban J connectivity index is 2.10. The summed E-state index contributed by atoms with van der Waals surface area (Å²) in [7, 11) is 1.69. The van der Waals surface area contributed by atoms with Crippen molar-refractivity contribution < 1.29 is 9.53 Å². The molecule has 0 radical (unpaired) electrons. The smallest absolute Gasteiger partial charge is 0.269 e. The van der Waals surface area contributed by atoms with Gasteiger partial charge in [-0.15, -0.1) is 11.3 Å². The van der Waals surface area contributed by atoms with E-state index >= 15 is 0 Å². The summed E-state index contributed by atoms with van der Waals surface area (Å²) in [6.45, 7) is 5.54. The van der Waals surface area contributed by atoms with Gasteiger partial charge >= 0.3 is 0 Å². The topological polar surface area (TPSA) is 42.4 Å². The molecule has 0 spiro atoms. The molecule has 1 aromatic heterocycles. The minimum Gasteiger partial charge on any atom is -0.479 e. The monoisotopic (exact) mass is 324 g/mol. The molecule has 2 aromatic rings. The number of likely N-dealkylation sites (N-methyl/N-ethyl adjacent to an activating group) is 1. The summed E-state index contributed by atoms with van der Waals surface area (Å²) in [6, 6.07) is 5.48. The van der Waals surface area contributed by atoms with E-state index in [-0.39, 0.29) is 5.91 Å². The average Bonchev–Trinajstić information content (AvgIpc) is 2.87. The fourth-order valence-corrected chi connectivity index (χ4v) is 2.74. The van der Waals surface area contributed by atoms with Crippen LogP contribution in [-0.4, -0.2) is 24.0 Å². The number of carbonyl (C=O) groups is 1. The molecule has 1 aromatic carbocycles. The van der Waals surface area contributed by atoms with E-state index in [0.29, 0.717) is 15.9 Å². The van der Waals surface area contributed by atoms with Crippen molar-refractivity contribution in [3.05, 3.63) is 39.9 Å². The molecule has 0 aliphatic carbocycles. The van der Waals surface area contributed by atoms with E-state index in [2.05, 4.69) is 4.98 Å². The van der Waals surface area contributed by atoms with Gasteiger partial charge in [0.2, 0.25) is 0 Å². The first-order valence-corrected chi connectivity index (χ1v) is 7.76. The third kappa shape index (κ3) is 3.74. The number of ether oxygens (including phenoxy) is 1. The van der Waals surface area contributed by atoms with Gasteiger partial charge in [-0.05, 0) is 38.5 Å². The lowest BCUT2D eigenvalue weighted by atomic mass is 10.2. The number of hydrogen-bond donors (Lipinski definition) is 0. The molecule has 112 valence electrons. The van der Waals surface area contributed by atoms with E-state index in [9.17, 15) is 4.79 Å². The molecule has 0 saturated heterocycles. The van der Waals surface area contributed by atoms with E-state index in [4.69, 9.17) is 16.3 Å². The van der Waals surface area contributed by atoms with Gasteiger partial charge < -0.3 is 4.74 Å². The summed E-state index contributed by atoms with van der Waals surface area (Å²) in [4.78, 5) is 18.2. The predicted octanol–water partition coefficient (Wildman–Crippen LogP) is 3.84. The molecule has 2 rings (SSSR count). The maximum absolute atomic E-state index is 12.4. The maximum Gasteiger partial charge on any atom is 0.269 e. The van der Waals surface area contributed by atoms with E-state index in [1.807, 2.05) is 31.4 Å². The molecule has 0 aliphatic rings. The Bertz CT molecular complexity index is 657. The van der Waals surface area contributed by atoms with Crippen molar-refractivity contribution in [2.75, 3.05) is 11.9 Å². The number of amides is 1. The quantitative estimate of drug-likeness (QED) is 0.858. The van der Waals surface area contributed by atoms with Crippen molar-refractivity contribution in [1.82, 2.24) is 4.98 Å². The van der Waals surface area contributed by atoms with Gasteiger partial charge in [-0.25, -0.2) is 4.98 Å². The Morgan fingerprint density at radius 3 is 2.76 bits per heavy atom. The highest BCUT2D eigenvalue weighted by molar-refractivity contribution is 7.14. The standard InChI is InChI=1S/C15H17ClN2O2S/c1-9-5-6-12(16)13(7-9)20-11(3)14(19)18(4)15-17-10(2)8-21-15/h5-8,11H,1-4H3/t11-/m1/s1. The van der Waals surface area contributed by atoms with Crippen molar-refractivity contribution in [2.45, 2.75) is 26.9 Å². The number of benzene rings is 1. The van der Waals surface area contributed by atoms with Crippen molar-refractivity contribution in [3.63, 3.8) is 0 Å². The van der Waals surface area contributed by atoms with Gasteiger partial charge in [-0.3, -0.25) is 9.69 Å². The lowest BCUT2D eigenvalue weighted by Gasteiger charge is -2.20. The Hall–Kier alpha value is -1.59. The number of aryl methyl sites for hydroxylation is 2. The van der Waals surface area contributed by atoms with Gasteiger partial charge in [0.05, 0.1) is 10.7 Å². The number of halogens is 1. The number of anilines is 1. The number of rotatable bonds is 4. The first kappa shape index (κ1) is 15.8. The molecule has 0 aliphatic heterocycles. The molecule has 0 fully saturated rings. The molecule has 1 atom stereocenters. The fourth-order valence-electron chi connectivity index (χ4n) is 1.80. The number of nitrogens with zero attached hydrogens (tertiary/aromatic N) is 2. The predicted molar refractivity (Wildman–Crippen MR) is 86.5 cm³/mol. The zero-order chi connectivity index (χ0) is 15.6. The average molecular weight is 325 g/mol. The first-order valence-electron chi connectivity index (χ1n) is 6.51. The summed E-state index contributed by atoms with van der Waals surface area (Å²) in [5, 5.41) is 3.05. The van der Waals surface area contributed by atoms with Crippen LogP contribution in [0.2, 0.25) is 5.02 Å². The molecular formula is C15H17ClN2O2S. The van der Waals surface area contributed by atoms with Crippen molar-refractivity contribution in [3.8, 4) is 5.75 Å². The zero-order valence-corrected chi connectivity index (χ0v) is 14.0.